The summed E-state index contributed by atoms with van der Waals surface area (Å²) in [5.41, 5.74) is 1.17. The highest BCUT2D eigenvalue weighted by molar-refractivity contribution is 4.96. The van der Waals surface area contributed by atoms with Crippen LogP contribution in [0.15, 0.2) is 24.9 Å². The molecule has 80 valence electrons. The summed E-state index contributed by atoms with van der Waals surface area (Å²) < 4.78 is 3.80. The Bertz CT molecular complexity index is 390. The number of nitrogens with one attached hydrogen (secondary N) is 1. The maximum absolute atomic E-state index is 4.05. The number of aromatic nitrogens is 5. The van der Waals surface area contributed by atoms with E-state index in [0.29, 0.717) is 0 Å². The lowest BCUT2D eigenvalue weighted by Crippen LogP contribution is -2.20. The van der Waals surface area contributed by atoms with Gasteiger partial charge in [-0.25, -0.2) is 4.98 Å². The van der Waals surface area contributed by atoms with E-state index in [4.69, 9.17) is 0 Å². The van der Waals surface area contributed by atoms with E-state index in [1.807, 2.05) is 24.0 Å². The van der Waals surface area contributed by atoms with Crippen LogP contribution in [0.1, 0.15) is 5.69 Å². The van der Waals surface area contributed by atoms with E-state index < -0.39 is 0 Å². The Balaban J connectivity index is 1.70. The number of rotatable bonds is 5. The minimum atomic E-state index is 0.825. The number of aryl methyl sites for hydroxylation is 1. The topological polar surface area (TPSA) is 60.6 Å². The Morgan fingerprint density at radius 1 is 1.47 bits per heavy atom. The molecule has 2 aromatic heterocycles. The normalized spacial score (nSPS) is 10.7. The van der Waals surface area contributed by atoms with Crippen molar-refractivity contribution >= 4 is 0 Å². The largest absolute Gasteiger partial charge is 0.337 e. The van der Waals surface area contributed by atoms with Crippen molar-refractivity contribution in [2.75, 3.05) is 6.54 Å². The summed E-state index contributed by atoms with van der Waals surface area (Å²) >= 11 is 0. The van der Waals surface area contributed by atoms with Crippen LogP contribution in [0.5, 0.6) is 0 Å². The smallest absolute Gasteiger partial charge is 0.0945 e. The molecule has 0 radical (unpaired) electrons. The summed E-state index contributed by atoms with van der Waals surface area (Å²) in [6.45, 7) is 2.53. The standard InChI is InChI=1S/C9H14N6/c1-14-8-11-7-9(14)6-10-2-4-15-5-3-12-13-15/h3,5,7-8,10H,2,4,6H2,1H3. The molecule has 2 aromatic rings. The molecule has 6 nitrogen and oxygen atoms in total. The van der Waals surface area contributed by atoms with Gasteiger partial charge in [-0.15, -0.1) is 5.10 Å². The molecular weight excluding hydrogens is 192 g/mol. The van der Waals surface area contributed by atoms with Gasteiger partial charge in [0.15, 0.2) is 0 Å². The quantitative estimate of drug-likeness (QED) is 0.688. The van der Waals surface area contributed by atoms with Crippen molar-refractivity contribution in [1.29, 1.82) is 0 Å². The van der Waals surface area contributed by atoms with Crippen LogP contribution in [0.25, 0.3) is 0 Å². The molecule has 0 amide bonds. The monoisotopic (exact) mass is 206 g/mol. The van der Waals surface area contributed by atoms with Gasteiger partial charge in [0.2, 0.25) is 0 Å². The Kier molecular flexibility index (Phi) is 3.08. The Morgan fingerprint density at radius 3 is 3.07 bits per heavy atom. The Morgan fingerprint density at radius 2 is 2.40 bits per heavy atom. The van der Waals surface area contributed by atoms with Crippen LogP contribution in [0.4, 0.5) is 0 Å². The predicted molar refractivity (Wildman–Crippen MR) is 54.9 cm³/mol. The van der Waals surface area contributed by atoms with Gasteiger partial charge in [0.1, 0.15) is 0 Å². The molecule has 0 bridgehead atoms. The van der Waals surface area contributed by atoms with Crippen LogP contribution in [-0.4, -0.2) is 31.1 Å². The third-order valence-electron chi connectivity index (χ3n) is 2.21. The summed E-state index contributed by atoms with van der Waals surface area (Å²) in [5, 5.41) is 10.9. The average molecular weight is 206 g/mol. The molecule has 0 unspecified atom stereocenters. The summed E-state index contributed by atoms with van der Waals surface area (Å²) in [5.74, 6) is 0. The lowest BCUT2D eigenvalue weighted by molar-refractivity contribution is 0.534. The zero-order valence-electron chi connectivity index (χ0n) is 8.67. The Labute approximate surface area is 87.9 Å². The van der Waals surface area contributed by atoms with E-state index in [2.05, 4.69) is 20.6 Å². The minimum Gasteiger partial charge on any atom is -0.337 e. The van der Waals surface area contributed by atoms with Crippen LogP contribution in [0.3, 0.4) is 0 Å². The lowest BCUT2D eigenvalue weighted by atomic mass is 10.4. The van der Waals surface area contributed by atoms with Gasteiger partial charge < -0.3 is 9.88 Å². The van der Waals surface area contributed by atoms with Gasteiger partial charge in [-0.1, -0.05) is 5.21 Å². The van der Waals surface area contributed by atoms with E-state index in [0.717, 1.165) is 19.6 Å². The summed E-state index contributed by atoms with van der Waals surface area (Å²) in [6.07, 6.45) is 7.20. The molecule has 0 saturated heterocycles. The van der Waals surface area contributed by atoms with Gasteiger partial charge in [0.25, 0.3) is 0 Å². The number of hydrogen-bond donors (Lipinski definition) is 1. The molecule has 0 spiro atoms. The minimum absolute atomic E-state index is 0.825. The third-order valence-corrected chi connectivity index (χ3v) is 2.21. The average Bonchev–Trinajstić information content (AvgIpc) is 2.85. The number of hydrogen-bond acceptors (Lipinski definition) is 4. The first-order valence-electron chi connectivity index (χ1n) is 4.86. The first-order valence-corrected chi connectivity index (χ1v) is 4.86. The van der Waals surface area contributed by atoms with Crippen molar-refractivity contribution in [1.82, 2.24) is 29.9 Å². The molecule has 6 heteroatoms. The maximum Gasteiger partial charge on any atom is 0.0945 e. The predicted octanol–water partition coefficient (Wildman–Crippen LogP) is -0.199. The molecule has 1 N–H and O–H groups in total. The summed E-state index contributed by atoms with van der Waals surface area (Å²) in [6, 6.07) is 0. The highest BCUT2D eigenvalue weighted by Crippen LogP contribution is 1.94. The van der Waals surface area contributed by atoms with Gasteiger partial charge in [0, 0.05) is 32.5 Å². The fourth-order valence-corrected chi connectivity index (χ4v) is 1.32. The summed E-state index contributed by atoms with van der Waals surface area (Å²) in [4.78, 5) is 4.05. The van der Waals surface area contributed by atoms with E-state index >= 15 is 0 Å². The van der Waals surface area contributed by atoms with Crippen LogP contribution >= 0.6 is 0 Å². The Hall–Kier alpha value is -1.69. The van der Waals surface area contributed by atoms with Crippen LogP contribution < -0.4 is 5.32 Å². The SMILES string of the molecule is Cn1cncc1CNCCn1ccnn1. The summed E-state index contributed by atoms with van der Waals surface area (Å²) in [7, 11) is 1.99. The van der Waals surface area contributed by atoms with Crippen LogP contribution in [0, 0.1) is 0 Å². The van der Waals surface area contributed by atoms with Crippen molar-refractivity contribution in [3.63, 3.8) is 0 Å². The van der Waals surface area contributed by atoms with Crippen molar-refractivity contribution in [3.05, 3.63) is 30.6 Å². The molecule has 0 aliphatic carbocycles. The molecule has 0 aromatic carbocycles. The number of imidazole rings is 1. The molecule has 0 atom stereocenters. The molecule has 0 aliphatic heterocycles. The second-order valence-corrected chi connectivity index (χ2v) is 3.34. The molecule has 2 rings (SSSR count). The van der Waals surface area contributed by atoms with Crippen LogP contribution in [-0.2, 0) is 20.1 Å². The van der Waals surface area contributed by atoms with Crippen molar-refractivity contribution < 1.29 is 0 Å². The van der Waals surface area contributed by atoms with Gasteiger partial charge in [-0.3, -0.25) is 4.68 Å². The molecular formula is C9H14N6. The molecule has 0 aliphatic rings. The molecule has 0 fully saturated rings. The highest BCUT2D eigenvalue weighted by atomic mass is 15.4. The van der Waals surface area contributed by atoms with E-state index in [1.54, 1.807) is 17.2 Å². The first-order chi connectivity index (χ1) is 7.36. The zero-order chi connectivity index (χ0) is 10.5. The fourth-order valence-electron chi connectivity index (χ4n) is 1.32. The van der Waals surface area contributed by atoms with Gasteiger partial charge in [-0.05, 0) is 0 Å². The van der Waals surface area contributed by atoms with Gasteiger partial charge >= 0.3 is 0 Å². The highest BCUT2D eigenvalue weighted by Gasteiger charge is 1.97. The van der Waals surface area contributed by atoms with Crippen molar-refractivity contribution in [2.45, 2.75) is 13.1 Å². The number of nitrogens with zero attached hydrogens (tertiary/aromatic N) is 5. The van der Waals surface area contributed by atoms with Crippen molar-refractivity contribution in [2.24, 2.45) is 7.05 Å². The van der Waals surface area contributed by atoms with E-state index in [1.165, 1.54) is 5.69 Å². The van der Waals surface area contributed by atoms with Crippen LogP contribution in [0.2, 0.25) is 0 Å². The van der Waals surface area contributed by atoms with Crippen molar-refractivity contribution in [3.8, 4) is 0 Å². The second-order valence-electron chi connectivity index (χ2n) is 3.34. The lowest BCUT2D eigenvalue weighted by Gasteiger charge is -2.04. The molecule has 2 heterocycles. The first kappa shape index (κ1) is 9.85. The fraction of sp³-hybridized carbons (Fsp3) is 0.444. The van der Waals surface area contributed by atoms with E-state index in [9.17, 15) is 0 Å². The molecule has 0 saturated carbocycles. The third kappa shape index (κ3) is 2.63. The maximum atomic E-state index is 4.05. The second kappa shape index (κ2) is 4.70. The van der Waals surface area contributed by atoms with Gasteiger partial charge in [-0.2, -0.15) is 0 Å². The zero-order valence-corrected chi connectivity index (χ0v) is 8.67. The molecule has 15 heavy (non-hydrogen) atoms. The van der Waals surface area contributed by atoms with Gasteiger partial charge in [0.05, 0.1) is 24.8 Å². The van der Waals surface area contributed by atoms with E-state index in [-0.39, 0.29) is 0 Å².